The molecule has 0 aliphatic carbocycles. The number of hydrogen-bond acceptors (Lipinski definition) is 4. The van der Waals surface area contributed by atoms with Crippen LogP contribution < -0.4 is 16.0 Å². The second kappa shape index (κ2) is 11.3. The van der Waals surface area contributed by atoms with Gasteiger partial charge < -0.3 is 15.4 Å². The van der Waals surface area contributed by atoms with Crippen LogP contribution >= 0.6 is 0 Å². The summed E-state index contributed by atoms with van der Waals surface area (Å²) in [5, 5.41) is 8.41. The third-order valence-electron chi connectivity index (χ3n) is 4.81. The molecule has 1 atom stereocenters. The van der Waals surface area contributed by atoms with Gasteiger partial charge in [0.15, 0.2) is 0 Å². The molecule has 0 radical (unpaired) electrons. The minimum atomic E-state index is -0.546. The normalized spacial score (nSPS) is 11.2. The van der Waals surface area contributed by atoms with Crippen molar-refractivity contribution >= 4 is 23.6 Å². The quantitative estimate of drug-likeness (QED) is 0.501. The van der Waals surface area contributed by atoms with Crippen molar-refractivity contribution in [2.45, 2.75) is 19.0 Å². The molecule has 0 aliphatic heterocycles. The SMILES string of the molecule is COC(=O)Nc1ccc(CNC(=O)CC(NC(=O)c2ccccc2)c2ccccc2)cc1. The summed E-state index contributed by atoms with van der Waals surface area (Å²) in [6.45, 7) is 0.325. The van der Waals surface area contributed by atoms with Crippen molar-refractivity contribution in [2.24, 2.45) is 0 Å². The lowest BCUT2D eigenvalue weighted by Crippen LogP contribution is -2.33. The van der Waals surface area contributed by atoms with Gasteiger partial charge in [-0.3, -0.25) is 14.9 Å². The van der Waals surface area contributed by atoms with Crippen molar-refractivity contribution in [3.8, 4) is 0 Å². The average molecular weight is 431 g/mol. The monoisotopic (exact) mass is 431 g/mol. The molecule has 0 fully saturated rings. The number of carbonyl (C=O) groups excluding carboxylic acids is 3. The van der Waals surface area contributed by atoms with Gasteiger partial charge in [-0.2, -0.15) is 0 Å². The van der Waals surface area contributed by atoms with Crippen molar-refractivity contribution < 1.29 is 19.1 Å². The van der Waals surface area contributed by atoms with Crippen LogP contribution in [0.3, 0.4) is 0 Å². The van der Waals surface area contributed by atoms with Gasteiger partial charge in [-0.1, -0.05) is 60.7 Å². The predicted molar refractivity (Wildman–Crippen MR) is 122 cm³/mol. The Morgan fingerprint density at radius 3 is 2.09 bits per heavy atom. The molecule has 1 unspecified atom stereocenters. The molecule has 0 aliphatic rings. The van der Waals surface area contributed by atoms with Crippen molar-refractivity contribution in [1.29, 1.82) is 0 Å². The Kier molecular flexibility index (Phi) is 7.97. The summed E-state index contributed by atoms with van der Waals surface area (Å²) in [6.07, 6.45) is -0.444. The van der Waals surface area contributed by atoms with Gasteiger partial charge >= 0.3 is 6.09 Å². The van der Waals surface area contributed by atoms with Gasteiger partial charge in [0, 0.05) is 17.8 Å². The summed E-state index contributed by atoms with van der Waals surface area (Å²) in [5.41, 5.74) is 2.86. The van der Waals surface area contributed by atoms with Crippen molar-refractivity contribution in [3.63, 3.8) is 0 Å². The van der Waals surface area contributed by atoms with E-state index >= 15 is 0 Å². The molecule has 0 aromatic heterocycles. The highest BCUT2D eigenvalue weighted by Gasteiger charge is 2.19. The number of amides is 3. The molecule has 3 aromatic rings. The van der Waals surface area contributed by atoms with Gasteiger partial charge in [0.25, 0.3) is 5.91 Å². The van der Waals surface area contributed by atoms with Crippen molar-refractivity contribution in [2.75, 3.05) is 12.4 Å². The van der Waals surface area contributed by atoms with Gasteiger partial charge in [-0.15, -0.1) is 0 Å². The molecule has 164 valence electrons. The standard InChI is InChI=1S/C25H25N3O4/c1-32-25(31)27-21-14-12-18(13-15-21)17-26-23(29)16-22(19-8-4-2-5-9-19)28-24(30)20-10-6-3-7-11-20/h2-15,22H,16-17H2,1H3,(H,26,29)(H,27,31)(H,28,30). The maximum Gasteiger partial charge on any atom is 0.411 e. The van der Waals surface area contributed by atoms with E-state index in [0.717, 1.165) is 11.1 Å². The maximum atomic E-state index is 12.6. The molecule has 3 amide bonds. The van der Waals surface area contributed by atoms with E-state index < -0.39 is 12.1 Å². The molecular formula is C25H25N3O4. The minimum Gasteiger partial charge on any atom is -0.453 e. The molecule has 0 saturated heterocycles. The maximum absolute atomic E-state index is 12.6. The zero-order valence-corrected chi connectivity index (χ0v) is 17.7. The van der Waals surface area contributed by atoms with Crippen LogP contribution in [0.4, 0.5) is 10.5 Å². The second-order valence-electron chi connectivity index (χ2n) is 7.10. The number of ether oxygens (including phenoxy) is 1. The summed E-state index contributed by atoms with van der Waals surface area (Å²) in [6, 6.07) is 24.9. The first kappa shape index (κ1) is 22.6. The van der Waals surface area contributed by atoms with Gasteiger partial charge in [-0.05, 0) is 35.4 Å². The van der Waals surface area contributed by atoms with Crippen LogP contribution in [0.5, 0.6) is 0 Å². The van der Waals surface area contributed by atoms with Crippen LogP contribution in [-0.2, 0) is 16.1 Å². The Labute approximate surface area is 186 Å². The number of rotatable bonds is 8. The second-order valence-corrected chi connectivity index (χ2v) is 7.10. The fraction of sp³-hybridized carbons (Fsp3) is 0.160. The fourth-order valence-corrected chi connectivity index (χ4v) is 3.10. The summed E-state index contributed by atoms with van der Waals surface area (Å²) in [4.78, 5) is 36.5. The number of benzene rings is 3. The Balaban J connectivity index is 1.60. The average Bonchev–Trinajstić information content (AvgIpc) is 2.84. The minimum absolute atomic E-state index is 0.102. The first-order chi connectivity index (χ1) is 15.5. The summed E-state index contributed by atoms with van der Waals surface area (Å²) in [5.74, 6) is -0.426. The highest BCUT2D eigenvalue weighted by atomic mass is 16.5. The highest BCUT2D eigenvalue weighted by Crippen LogP contribution is 2.18. The number of methoxy groups -OCH3 is 1. The van der Waals surface area contributed by atoms with E-state index in [2.05, 4.69) is 20.7 Å². The van der Waals surface area contributed by atoms with Gasteiger partial charge in [-0.25, -0.2) is 4.79 Å². The van der Waals surface area contributed by atoms with Gasteiger partial charge in [0.2, 0.25) is 5.91 Å². The first-order valence-corrected chi connectivity index (χ1v) is 10.2. The van der Waals surface area contributed by atoms with Crippen LogP contribution in [0, 0.1) is 0 Å². The van der Waals surface area contributed by atoms with Crippen LogP contribution in [0.15, 0.2) is 84.9 Å². The lowest BCUT2D eigenvalue weighted by Gasteiger charge is -2.19. The molecule has 0 bridgehead atoms. The van der Waals surface area contributed by atoms with Crippen LogP contribution in [0.25, 0.3) is 0 Å². The third-order valence-corrected chi connectivity index (χ3v) is 4.81. The summed E-state index contributed by atoms with van der Waals surface area (Å²) < 4.78 is 4.56. The molecule has 3 rings (SSSR count). The Hall–Kier alpha value is -4.13. The molecule has 7 heteroatoms. The van der Waals surface area contributed by atoms with E-state index in [9.17, 15) is 14.4 Å². The third kappa shape index (κ3) is 6.70. The fourth-order valence-electron chi connectivity index (χ4n) is 3.10. The van der Waals surface area contributed by atoms with E-state index in [1.165, 1.54) is 7.11 Å². The molecule has 0 spiro atoms. The molecule has 3 aromatic carbocycles. The Morgan fingerprint density at radius 1 is 0.844 bits per heavy atom. The van der Waals surface area contributed by atoms with Gasteiger partial charge in [0.1, 0.15) is 0 Å². The smallest absolute Gasteiger partial charge is 0.411 e. The largest absolute Gasteiger partial charge is 0.453 e. The summed E-state index contributed by atoms with van der Waals surface area (Å²) in [7, 11) is 1.30. The van der Waals surface area contributed by atoms with E-state index in [4.69, 9.17) is 0 Å². The van der Waals surface area contributed by atoms with Crippen LogP contribution in [-0.4, -0.2) is 25.0 Å². The molecule has 0 heterocycles. The lowest BCUT2D eigenvalue weighted by molar-refractivity contribution is -0.121. The van der Waals surface area contributed by atoms with Gasteiger partial charge in [0.05, 0.1) is 19.6 Å². The number of nitrogens with one attached hydrogen (secondary N) is 3. The first-order valence-electron chi connectivity index (χ1n) is 10.2. The number of anilines is 1. The number of carbonyl (C=O) groups is 3. The molecule has 0 saturated carbocycles. The van der Waals surface area contributed by atoms with E-state index in [-0.39, 0.29) is 18.2 Å². The lowest BCUT2D eigenvalue weighted by atomic mass is 10.0. The zero-order chi connectivity index (χ0) is 22.8. The van der Waals surface area contributed by atoms with E-state index in [1.807, 2.05) is 36.4 Å². The molecule has 7 nitrogen and oxygen atoms in total. The van der Waals surface area contributed by atoms with E-state index in [1.54, 1.807) is 48.5 Å². The van der Waals surface area contributed by atoms with Crippen LogP contribution in [0.1, 0.15) is 33.9 Å². The molecular weight excluding hydrogens is 406 g/mol. The topological polar surface area (TPSA) is 96.5 Å². The molecule has 32 heavy (non-hydrogen) atoms. The Bertz CT molecular complexity index is 1040. The van der Waals surface area contributed by atoms with Crippen LogP contribution in [0.2, 0.25) is 0 Å². The molecule has 3 N–H and O–H groups in total. The number of hydrogen-bond donors (Lipinski definition) is 3. The summed E-state index contributed by atoms with van der Waals surface area (Å²) >= 11 is 0. The van der Waals surface area contributed by atoms with E-state index in [0.29, 0.717) is 17.8 Å². The highest BCUT2D eigenvalue weighted by molar-refractivity contribution is 5.94. The predicted octanol–water partition coefficient (Wildman–Crippen LogP) is 4.04. The van der Waals surface area contributed by atoms with Crippen molar-refractivity contribution in [3.05, 3.63) is 102 Å². The van der Waals surface area contributed by atoms with Crippen molar-refractivity contribution in [1.82, 2.24) is 10.6 Å². The Morgan fingerprint density at radius 2 is 1.47 bits per heavy atom. The zero-order valence-electron chi connectivity index (χ0n) is 17.7.